The molecule has 3 N–H and O–H groups in total. The Bertz CT molecular complexity index is 832. The molecule has 0 aliphatic carbocycles. The number of rotatable bonds is 2. The molecule has 10 heteroatoms. The summed E-state index contributed by atoms with van der Waals surface area (Å²) in [4.78, 5) is 26.6. The van der Waals surface area contributed by atoms with E-state index in [1.807, 2.05) is 0 Å². The van der Waals surface area contributed by atoms with Gasteiger partial charge in [-0.25, -0.2) is 0 Å². The van der Waals surface area contributed by atoms with Gasteiger partial charge in [0.15, 0.2) is 5.76 Å². The van der Waals surface area contributed by atoms with E-state index >= 15 is 0 Å². The molecule has 0 bridgehead atoms. The number of hydrogen-bond acceptors (Lipinski definition) is 5. The van der Waals surface area contributed by atoms with Gasteiger partial charge in [0.25, 0.3) is 11.5 Å². The van der Waals surface area contributed by atoms with Crippen LogP contribution in [0.2, 0.25) is 0 Å². The second-order valence-corrected chi connectivity index (χ2v) is 5.44. The lowest BCUT2D eigenvalue weighted by molar-refractivity contribution is -0.136. The lowest BCUT2D eigenvalue weighted by Gasteiger charge is -2.44. The van der Waals surface area contributed by atoms with Crippen LogP contribution in [-0.2, 0) is 6.18 Å². The Hall–Kier alpha value is -2.33. The highest BCUT2D eigenvalue weighted by molar-refractivity contribution is 5.96. The van der Waals surface area contributed by atoms with Crippen molar-refractivity contribution in [2.45, 2.75) is 11.8 Å². The molecule has 2 aromatic rings. The molecule has 3 heterocycles. The van der Waals surface area contributed by atoms with Crippen LogP contribution in [0.3, 0.4) is 0 Å². The summed E-state index contributed by atoms with van der Waals surface area (Å²) < 4.78 is 43.8. The number of fused-ring (bicyclic) bond motifs is 1. The maximum Gasteiger partial charge on any atom is 0.417 e. The van der Waals surface area contributed by atoms with Crippen LogP contribution in [0.25, 0.3) is 11.1 Å². The van der Waals surface area contributed by atoms with Crippen LogP contribution in [0.5, 0.6) is 0 Å². The number of halogens is 3. The Kier molecular flexibility index (Phi) is 3.27. The fraction of sp³-hybridized carbons (Fsp3) is 0.385. The molecule has 0 atom stereocenters. The average molecular weight is 332 g/mol. The Morgan fingerprint density at radius 1 is 1.39 bits per heavy atom. The first-order valence-electron chi connectivity index (χ1n) is 6.49. The molecule has 0 aromatic carbocycles. The Morgan fingerprint density at radius 2 is 2.04 bits per heavy atom. The molecule has 23 heavy (non-hydrogen) atoms. The van der Waals surface area contributed by atoms with Crippen LogP contribution in [0.1, 0.15) is 16.1 Å². The summed E-state index contributed by atoms with van der Waals surface area (Å²) in [5.41, 5.74) is -4.06. The lowest BCUT2D eigenvalue weighted by Crippen LogP contribution is -2.65. The smallest absolute Gasteiger partial charge is 0.417 e. The molecule has 1 aliphatic heterocycles. The van der Waals surface area contributed by atoms with Gasteiger partial charge in [0.2, 0.25) is 5.71 Å². The number of amides is 1. The third kappa shape index (κ3) is 2.59. The molecule has 3 rings (SSSR count). The van der Waals surface area contributed by atoms with E-state index in [1.54, 1.807) is 0 Å². The van der Waals surface area contributed by atoms with Gasteiger partial charge in [-0.3, -0.25) is 14.6 Å². The Morgan fingerprint density at radius 3 is 2.61 bits per heavy atom. The van der Waals surface area contributed by atoms with Crippen molar-refractivity contribution in [2.75, 3.05) is 19.7 Å². The SMILES string of the molecule is O=C(c1cc2c(C(F)(F)F)cc(=O)[nH]c2o1)N1CC(O)(CO)C1. The zero-order chi connectivity index (χ0) is 17.0. The quantitative estimate of drug-likeness (QED) is 0.734. The number of H-pyrrole nitrogens is 1. The van der Waals surface area contributed by atoms with Gasteiger partial charge in [0, 0.05) is 6.07 Å². The highest BCUT2D eigenvalue weighted by atomic mass is 19.4. The van der Waals surface area contributed by atoms with Crippen LogP contribution in [0, 0.1) is 0 Å². The number of carbonyl (C=O) groups is 1. The highest BCUT2D eigenvalue weighted by Crippen LogP contribution is 2.35. The van der Waals surface area contributed by atoms with Crippen molar-refractivity contribution in [2.24, 2.45) is 0 Å². The van der Waals surface area contributed by atoms with Gasteiger partial charge in [0.05, 0.1) is 30.6 Å². The molecule has 1 saturated heterocycles. The third-order valence-corrected chi connectivity index (χ3v) is 3.60. The zero-order valence-corrected chi connectivity index (χ0v) is 11.5. The number of nitrogens with zero attached hydrogens (tertiary/aromatic N) is 1. The van der Waals surface area contributed by atoms with E-state index in [-0.39, 0.29) is 13.1 Å². The van der Waals surface area contributed by atoms with E-state index in [9.17, 15) is 27.9 Å². The molecule has 2 aromatic heterocycles. The Labute approximate surface area is 125 Å². The zero-order valence-electron chi connectivity index (χ0n) is 11.5. The summed E-state index contributed by atoms with van der Waals surface area (Å²) >= 11 is 0. The van der Waals surface area contributed by atoms with E-state index < -0.39 is 52.3 Å². The largest absolute Gasteiger partial charge is 0.434 e. The van der Waals surface area contributed by atoms with Gasteiger partial charge >= 0.3 is 6.18 Å². The van der Waals surface area contributed by atoms with Crippen molar-refractivity contribution in [1.82, 2.24) is 9.88 Å². The molecule has 0 spiro atoms. The molecule has 1 amide bonds. The van der Waals surface area contributed by atoms with Crippen molar-refractivity contribution in [3.05, 3.63) is 33.8 Å². The number of aromatic nitrogens is 1. The molecule has 1 aliphatic rings. The molecule has 0 saturated carbocycles. The van der Waals surface area contributed by atoms with Gasteiger partial charge in [-0.2, -0.15) is 13.2 Å². The second kappa shape index (κ2) is 4.83. The standard InChI is InChI=1S/C13H11F3N2O5/c14-13(15,16)7-2-9(20)17-10-6(7)1-8(23-10)11(21)18-3-12(22,4-18)5-19/h1-2,19,22H,3-5H2,(H,17,20). The predicted molar refractivity (Wildman–Crippen MR) is 69.8 cm³/mol. The number of aliphatic hydroxyl groups excluding tert-OH is 1. The number of carbonyl (C=O) groups excluding carboxylic acids is 1. The van der Waals surface area contributed by atoms with Gasteiger partial charge < -0.3 is 19.5 Å². The number of furan rings is 1. The third-order valence-electron chi connectivity index (χ3n) is 3.60. The summed E-state index contributed by atoms with van der Waals surface area (Å²) in [5, 5.41) is 18.1. The van der Waals surface area contributed by atoms with Crippen LogP contribution < -0.4 is 5.56 Å². The van der Waals surface area contributed by atoms with E-state index in [0.29, 0.717) is 6.07 Å². The minimum absolute atomic E-state index is 0.165. The van der Waals surface area contributed by atoms with Crippen LogP contribution in [-0.4, -0.2) is 51.3 Å². The summed E-state index contributed by atoms with van der Waals surface area (Å²) in [5.74, 6) is -1.14. The van der Waals surface area contributed by atoms with E-state index in [2.05, 4.69) is 4.98 Å². The fourth-order valence-corrected chi connectivity index (χ4v) is 2.44. The normalized spacial score (nSPS) is 17.3. The number of nitrogens with one attached hydrogen (secondary N) is 1. The number of hydrogen-bond donors (Lipinski definition) is 3. The second-order valence-electron chi connectivity index (χ2n) is 5.44. The molecule has 1 fully saturated rings. The van der Waals surface area contributed by atoms with Crippen LogP contribution >= 0.6 is 0 Å². The molecular weight excluding hydrogens is 321 g/mol. The number of pyridine rings is 1. The maximum absolute atomic E-state index is 12.9. The molecule has 7 nitrogen and oxygen atoms in total. The molecule has 124 valence electrons. The van der Waals surface area contributed by atoms with Crippen LogP contribution in [0.4, 0.5) is 13.2 Å². The van der Waals surface area contributed by atoms with Crippen molar-refractivity contribution in [1.29, 1.82) is 0 Å². The summed E-state index contributed by atoms with van der Waals surface area (Å²) in [7, 11) is 0. The number of aliphatic hydroxyl groups is 2. The van der Waals surface area contributed by atoms with Gasteiger partial charge in [0.1, 0.15) is 5.60 Å². The summed E-state index contributed by atoms with van der Waals surface area (Å²) in [6.45, 7) is -0.869. The Balaban J connectivity index is 1.98. The number of aromatic amines is 1. The minimum Gasteiger partial charge on any atom is -0.434 e. The van der Waals surface area contributed by atoms with Crippen LogP contribution in [0.15, 0.2) is 21.3 Å². The predicted octanol–water partition coefficient (Wildman–Crippen LogP) is 0.319. The average Bonchev–Trinajstić information content (AvgIpc) is 2.84. The number of β-amino-alcohol motifs (C(OH)–C–C–N with tert-alkyl or cyclic N) is 1. The van der Waals surface area contributed by atoms with E-state index in [1.165, 1.54) is 0 Å². The fourth-order valence-electron chi connectivity index (χ4n) is 2.44. The molecular formula is C13H11F3N2O5. The minimum atomic E-state index is -4.77. The molecule has 0 radical (unpaired) electrons. The highest BCUT2D eigenvalue weighted by Gasteiger charge is 2.44. The lowest BCUT2D eigenvalue weighted by atomic mass is 9.95. The monoisotopic (exact) mass is 332 g/mol. The van der Waals surface area contributed by atoms with Crippen molar-refractivity contribution < 1.29 is 32.6 Å². The number of likely N-dealkylation sites (tertiary alicyclic amines) is 1. The van der Waals surface area contributed by atoms with Gasteiger partial charge in [-0.1, -0.05) is 0 Å². The summed E-state index contributed by atoms with van der Waals surface area (Å²) in [6.07, 6.45) is -4.77. The van der Waals surface area contributed by atoms with Gasteiger partial charge in [-0.05, 0) is 6.07 Å². The van der Waals surface area contributed by atoms with Crippen molar-refractivity contribution in [3.63, 3.8) is 0 Å². The topological polar surface area (TPSA) is 107 Å². The van der Waals surface area contributed by atoms with E-state index in [4.69, 9.17) is 9.52 Å². The summed E-state index contributed by atoms with van der Waals surface area (Å²) in [6, 6.07) is 1.28. The first kappa shape index (κ1) is 15.6. The maximum atomic E-state index is 12.9. The first-order chi connectivity index (χ1) is 10.6. The van der Waals surface area contributed by atoms with Crippen molar-refractivity contribution >= 4 is 17.0 Å². The van der Waals surface area contributed by atoms with Crippen molar-refractivity contribution in [3.8, 4) is 0 Å². The van der Waals surface area contributed by atoms with E-state index in [0.717, 1.165) is 11.0 Å². The van der Waals surface area contributed by atoms with Gasteiger partial charge in [-0.15, -0.1) is 0 Å². The first-order valence-corrected chi connectivity index (χ1v) is 6.49. The number of alkyl halides is 3. The molecule has 0 unspecified atom stereocenters.